The summed E-state index contributed by atoms with van der Waals surface area (Å²) in [5, 5.41) is 11.6. The third-order valence-corrected chi connectivity index (χ3v) is 0.994. The number of rotatable bonds is 6. The number of hydrogen-bond donors (Lipinski definition) is 2. The van der Waals surface area contributed by atoms with Crippen molar-refractivity contribution >= 4 is 0 Å². The average Bonchev–Trinajstić information content (AvgIpc) is 1.87. The van der Waals surface area contributed by atoms with Gasteiger partial charge in [-0.25, -0.2) is 8.78 Å². The minimum atomic E-state index is -2.46. The molecule has 0 aliphatic rings. The zero-order valence-electron chi connectivity index (χ0n) is 6.39. The van der Waals surface area contributed by atoms with E-state index in [0.29, 0.717) is 6.54 Å². The van der Waals surface area contributed by atoms with Crippen molar-refractivity contribution < 1.29 is 18.6 Å². The monoisotopic (exact) mass is 169 g/mol. The van der Waals surface area contributed by atoms with E-state index in [1.165, 1.54) is 0 Å². The lowest BCUT2D eigenvalue weighted by molar-refractivity contribution is -0.0187. The second kappa shape index (κ2) is 6.45. The summed E-state index contributed by atoms with van der Waals surface area (Å²) in [6.07, 6.45) is -3.17. The Labute approximate surface area is 64.4 Å². The molecule has 0 aliphatic heterocycles. The van der Waals surface area contributed by atoms with Crippen molar-refractivity contribution in [2.45, 2.75) is 12.5 Å². The summed E-state index contributed by atoms with van der Waals surface area (Å²) in [5.41, 5.74) is 0. The maximum atomic E-state index is 11.4. The second-order valence-corrected chi connectivity index (χ2v) is 2.14. The predicted molar refractivity (Wildman–Crippen MR) is 36.8 cm³/mol. The summed E-state index contributed by atoms with van der Waals surface area (Å²) in [6, 6.07) is 0. The summed E-state index contributed by atoms with van der Waals surface area (Å²) in [4.78, 5) is 0. The van der Waals surface area contributed by atoms with Gasteiger partial charge in [0.15, 0.2) is 0 Å². The van der Waals surface area contributed by atoms with Crippen LogP contribution in [0, 0.1) is 0 Å². The van der Waals surface area contributed by atoms with Crippen LogP contribution in [0.4, 0.5) is 8.78 Å². The van der Waals surface area contributed by atoms with E-state index in [4.69, 9.17) is 5.11 Å². The molecular weight excluding hydrogens is 156 g/mol. The number of nitrogens with one attached hydrogen (secondary N) is 1. The SMILES string of the molecule is CNCC(O)COCC(F)F. The van der Waals surface area contributed by atoms with Crippen LogP contribution in [0.2, 0.25) is 0 Å². The van der Waals surface area contributed by atoms with Crippen molar-refractivity contribution in [2.75, 3.05) is 26.8 Å². The molecule has 0 aromatic heterocycles. The first kappa shape index (κ1) is 10.7. The Morgan fingerprint density at radius 1 is 1.45 bits per heavy atom. The molecule has 0 saturated heterocycles. The molecular formula is C6H13F2NO2. The van der Waals surface area contributed by atoms with Crippen LogP contribution < -0.4 is 5.32 Å². The van der Waals surface area contributed by atoms with E-state index >= 15 is 0 Å². The molecule has 0 aromatic rings. The van der Waals surface area contributed by atoms with Gasteiger partial charge in [-0.2, -0.15) is 0 Å². The van der Waals surface area contributed by atoms with Crippen molar-refractivity contribution in [3.8, 4) is 0 Å². The first-order chi connectivity index (χ1) is 5.16. The van der Waals surface area contributed by atoms with Gasteiger partial charge in [0.05, 0.1) is 12.7 Å². The average molecular weight is 169 g/mol. The zero-order valence-corrected chi connectivity index (χ0v) is 6.39. The third kappa shape index (κ3) is 7.64. The molecule has 68 valence electrons. The standard InChI is InChI=1S/C6H13F2NO2/c1-9-2-5(10)3-11-4-6(7)8/h5-6,9-10H,2-4H2,1H3. The molecule has 11 heavy (non-hydrogen) atoms. The topological polar surface area (TPSA) is 41.5 Å². The van der Waals surface area contributed by atoms with Gasteiger partial charge in [0.25, 0.3) is 6.43 Å². The van der Waals surface area contributed by atoms with Crippen molar-refractivity contribution in [1.29, 1.82) is 0 Å². The lowest BCUT2D eigenvalue weighted by Crippen LogP contribution is -2.28. The molecule has 0 fully saturated rings. The smallest absolute Gasteiger partial charge is 0.261 e. The fourth-order valence-electron chi connectivity index (χ4n) is 0.588. The van der Waals surface area contributed by atoms with Crippen LogP contribution >= 0.6 is 0 Å². The minimum Gasteiger partial charge on any atom is -0.389 e. The maximum Gasteiger partial charge on any atom is 0.261 e. The fourth-order valence-corrected chi connectivity index (χ4v) is 0.588. The number of hydrogen-bond acceptors (Lipinski definition) is 3. The predicted octanol–water partition coefficient (Wildman–Crippen LogP) is -0.152. The number of alkyl halides is 2. The number of likely N-dealkylation sites (N-methyl/N-ethyl adjacent to an activating group) is 1. The Morgan fingerprint density at radius 3 is 2.55 bits per heavy atom. The van der Waals surface area contributed by atoms with Gasteiger partial charge in [0.2, 0.25) is 0 Å². The molecule has 1 atom stereocenters. The van der Waals surface area contributed by atoms with Crippen molar-refractivity contribution in [1.82, 2.24) is 5.32 Å². The largest absolute Gasteiger partial charge is 0.389 e. The number of ether oxygens (including phenoxy) is 1. The van der Waals surface area contributed by atoms with Crippen molar-refractivity contribution in [3.63, 3.8) is 0 Å². The van der Waals surface area contributed by atoms with E-state index in [9.17, 15) is 8.78 Å². The van der Waals surface area contributed by atoms with Crippen LogP contribution in [0.5, 0.6) is 0 Å². The van der Waals surface area contributed by atoms with Crippen molar-refractivity contribution in [3.05, 3.63) is 0 Å². The summed E-state index contributed by atoms with van der Waals surface area (Å²) in [5.74, 6) is 0. The van der Waals surface area contributed by atoms with E-state index in [1.54, 1.807) is 7.05 Å². The lowest BCUT2D eigenvalue weighted by Gasteiger charge is -2.09. The van der Waals surface area contributed by atoms with Crippen molar-refractivity contribution in [2.24, 2.45) is 0 Å². The summed E-state index contributed by atoms with van der Waals surface area (Å²) < 4.78 is 27.4. The molecule has 2 N–H and O–H groups in total. The van der Waals surface area contributed by atoms with E-state index in [1.807, 2.05) is 0 Å². The third-order valence-electron chi connectivity index (χ3n) is 0.994. The molecule has 0 aromatic carbocycles. The first-order valence-electron chi connectivity index (χ1n) is 3.35. The van der Waals surface area contributed by atoms with Crippen LogP contribution in [0.25, 0.3) is 0 Å². The molecule has 3 nitrogen and oxygen atoms in total. The van der Waals surface area contributed by atoms with Crippen LogP contribution in [-0.2, 0) is 4.74 Å². The Morgan fingerprint density at radius 2 is 2.09 bits per heavy atom. The molecule has 0 bridgehead atoms. The highest BCUT2D eigenvalue weighted by atomic mass is 19.3. The van der Waals surface area contributed by atoms with Gasteiger partial charge in [-0.3, -0.25) is 0 Å². The molecule has 0 spiro atoms. The van der Waals surface area contributed by atoms with Crippen LogP contribution in [0.1, 0.15) is 0 Å². The number of aliphatic hydroxyl groups excluding tert-OH is 1. The van der Waals surface area contributed by atoms with Crippen LogP contribution in [-0.4, -0.2) is 44.4 Å². The molecule has 0 rings (SSSR count). The normalized spacial score (nSPS) is 13.9. The van der Waals surface area contributed by atoms with Gasteiger partial charge >= 0.3 is 0 Å². The highest BCUT2D eigenvalue weighted by molar-refractivity contribution is 4.54. The van der Waals surface area contributed by atoms with Crippen LogP contribution in [0.15, 0.2) is 0 Å². The molecule has 1 unspecified atom stereocenters. The van der Waals surface area contributed by atoms with E-state index in [-0.39, 0.29) is 6.61 Å². The summed E-state index contributed by atoms with van der Waals surface area (Å²) >= 11 is 0. The van der Waals surface area contributed by atoms with E-state index < -0.39 is 19.1 Å². The van der Waals surface area contributed by atoms with Gasteiger partial charge < -0.3 is 15.2 Å². The van der Waals surface area contributed by atoms with Gasteiger partial charge in [-0.05, 0) is 7.05 Å². The Balaban J connectivity index is 3.10. The Kier molecular flexibility index (Phi) is 6.30. The summed E-state index contributed by atoms with van der Waals surface area (Å²) in [6.45, 7) is -0.310. The number of aliphatic hydroxyl groups is 1. The van der Waals surface area contributed by atoms with Gasteiger partial charge in [-0.1, -0.05) is 0 Å². The molecule has 0 radical (unpaired) electrons. The Bertz CT molecular complexity index is 92.7. The maximum absolute atomic E-state index is 11.4. The highest BCUT2D eigenvalue weighted by Crippen LogP contribution is 1.93. The lowest BCUT2D eigenvalue weighted by atomic mass is 10.4. The van der Waals surface area contributed by atoms with Gasteiger partial charge in [0, 0.05) is 6.54 Å². The minimum absolute atomic E-state index is 0.0504. The fraction of sp³-hybridized carbons (Fsp3) is 1.00. The summed E-state index contributed by atoms with van der Waals surface area (Å²) in [7, 11) is 1.66. The molecule has 0 saturated carbocycles. The Hall–Kier alpha value is -0.260. The second-order valence-electron chi connectivity index (χ2n) is 2.14. The highest BCUT2D eigenvalue weighted by Gasteiger charge is 2.05. The van der Waals surface area contributed by atoms with Gasteiger partial charge in [0.1, 0.15) is 6.61 Å². The first-order valence-corrected chi connectivity index (χ1v) is 3.35. The number of halogens is 2. The molecule has 5 heteroatoms. The van der Waals surface area contributed by atoms with Crippen LogP contribution in [0.3, 0.4) is 0 Å². The quantitative estimate of drug-likeness (QED) is 0.581. The molecule has 0 amide bonds. The molecule has 0 heterocycles. The molecule has 0 aliphatic carbocycles. The van der Waals surface area contributed by atoms with E-state index in [2.05, 4.69) is 10.1 Å². The zero-order chi connectivity index (χ0) is 8.69. The van der Waals surface area contributed by atoms with E-state index in [0.717, 1.165) is 0 Å². The van der Waals surface area contributed by atoms with Gasteiger partial charge in [-0.15, -0.1) is 0 Å².